The number of aryl methyl sites for hydroxylation is 1. The SMILES string of the molecule is Cc1nc(CC(=O)N2CCCCCN(C)C(=O)c3ccccc3OC[C@@H]2C(C)C)cs1. The number of aromatic nitrogens is 1. The topological polar surface area (TPSA) is 62.7 Å². The third-order valence-corrected chi connectivity index (χ3v) is 6.58. The quantitative estimate of drug-likeness (QED) is 0.714. The number of carbonyl (C=O) groups is 2. The van der Waals surface area contributed by atoms with Crippen LogP contribution in [-0.2, 0) is 11.2 Å². The van der Waals surface area contributed by atoms with Crippen LogP contribution in [0.4, 0.5) is 0 Å². The molecule has 1 aromatic carbocycles. The number of carbonyl (C=O) groups excluding carboxylic acids is 2. The molecule has 2 amide bonds. The Labute approximate surface area is 189 Å². The zero-order valence-corrected chi connectivity index (χ0v) is 19.8. The number of ether oxygens (including phenoxy) is 1. The highest BCUT2D eigenvalue weighted by molar-refractivity contribution is 7.09. The largest absolute Gasteiger partial charge is 0.491 e. The summed E-state index contributed by atoms with van der Waals surface area (Å²) in [6, 6.07) is 7.31. The number of nitrogens with zero attached hydrogens (tertiary/aromatic N) is 3. The molecule has 2 aromatic rings. The third-order valence-electron chi connectivity index (χ3n) is 5.76. The Hall–Kier alpha value is -2.41. The first kappa shape index (κ1) is 23.3. The molecule has 168 valence electrons. The molecule has 6 nitrogen and oxygen atoms in total. The van der Waals surface area contributed by atoms with Crippen molar-refractivity contribution >= 4 is 23.2 Å². The summed E-state index contributed by atoms with van der Waals surface area (Å²) in [7, 11) is 1.83. The van der Waals surface area contributed by atoms with Gasteiger partial charge < -0.3 is 14.5 Å². The normalized spacial score (nSPS) is 18.6. The predicted octanol–water partition coefficient (Wildman–Crippen LogP) is 4.18. The second-order valence-corrected chi connectivity index (χ2v) is 9.59. The van der Waals surface area contributed by atoms with Crippen molar-refractivity contribution in [3.05, 3.63) is 45.9 Å². The molecular weight excluding hydrogens is 410 g/mol. The lowest BCUT2D eigenvalue weighted by Crippen LogP contribution is -2.48. The molecular formula is C24H33N3O3S. The highest BCUT2D eigenvalue weighted by atomic mass is 32.1. The standard InChI is InChI=1S/C24H33N3O3S/c1-17(2)21-15-30-22-11-7-6-10-20(22)24(29)26(4)12-8-5-9-13-27(21)23(28)14-19-16-31-18(3)25-19/h6-7,10-11,16-17,21H,5,8-9,12-15H2,1-4H3/t21-/m1/s1. The molecule has 0 N–H and O–H groups in total. The summed E-state index contributed by atoms with van der Waals surface area (Å²) < 4.78 is 6.17. The van der Waals surface area contributed by atoms with E-state index < -0.39 is 0 Å². The molecule has 2 heterocycles. The molecule has 1 aliphatic rings. The van der Waals surface area contributed by atoms with Crippen molar-refractivity contribution in [3.63, 3.8) is 0 Å². The first-order valence-electron chi connectivity index (χ1n) is 11.0. The lowest BCUT2D eigenvalue weighted by molar-refractivity contribution is -0.134. The average Bonchev–Trinajstić information content (AvgIpc) is 3.15. The molecule has 0 unspecified atom stereocenters. The van der Waals surface area contributed by atoms with Crippen LogP contribution < -0.4 is 4.74 Å². The van der Waals surface area contributed by atoms with Gasteiger partial charge in [0.05, 0.1) is 28.7 Å². The monoisotopic (exact) mass is 443 g/mol. The molecule has 0 radical (unpaired) electrons. The summed E-state index contributed by atoms with van der Waals surface area (Å²) in [5, 5.41) is 2.94. The fourth-order valence-corrected chi connectivity index (χ4v) is 4.54. The minimum absolute atomic E-state index is 0.0252. The van der Waals surface area contributed by atoms with Gasteiger partial charge in [-0.3, -0.25) is 9.59 Å². The number of para-hydroxylation sites is 1. The Morgan fingerprint density at radius 1 is 1.23 bits per heavy atom. The summed E-state index contributed by atoms with van der Waals surface area (Å²) in [5.74, 6) is 0.857. The number of hydrogen-bond acceptors (Lipinski definition) is 5. The van der Waals surface area contributed by atoms with Crippen molar-refractivity contribution in [2.75, 3.05) is 26.7 Å². The fraction of sp³-hybridized carbons (Fsp3) is 0.542. The summed E-state index contributed by atoms with van der Waals surface area (Å²) in [4.78, 5) is 34.4. The van der Waals surface area contributed by atoms with Crippen molar-refractivity contribution in [1.29, 1.82) is 0 Å². The summed E-state index contributed by atoms with van der Waals surface area (Å²) in [6.07, 6.45) is 3.08. The van der Waals surface area contributed by atoms with E-state index in [2.05, 4.69) is 18.8 Å². The zero-order valence-electron chi connectivity index (χ0n) is 19.0. The molecule has 1 aromatic heterocycles. The average molecular weight is 444 g/mol. The van der Waals surface area contributed by atoms with Crippen LogP contribution >= 0.6 is 11.3 Å². The first-order chi connectivity index (χ1) is 14.9. The van der Waals surface area contributed by atoms with Crippen LogP contribution in [0, 0.1) is 12.8 Å². The molecule has 0 aliphatic carbocycles. The second-order valence-electron chi connectivity index (χ2n) is 8.53. The van der Waals surface area contributed by atoms with Gasteiger partial charge in [0.25, 0.3) is 5.91 Å². The molecule has 1 atom stereocenters. The van der Waals surface area contributed by atoms with Gasteiger partial charge in [-0.1, -0.05) is 26.0 Å². The molecule has 0 saturated carbocycles. The molecule has 0 bridgehead atoms. The Kier molecular flexibility index (Phi) is 8.07. The molecule has 0 spiro atoms. The van der Waals surface area contributed by atoms with E-state index in [1.807, 2.05) is 48.5 Å². The number of thiazole rings is 1. The van der Waals surface area contributed by atoms with E-state index in [-0.39, 0.29) is 23.8 Å². The van der Waals surface area contributed by atoms with Gasteiger partial charge >= 0.3 is 0 Å². The van der Waals surface area contributed by atoms with E-state index >= 15 is 0 Å². The van der Waals surface area contributed by atoms with Crippen molar-refractivity contribution in [3.8, 4) is 5.75 Å². The van der Waals surface area contributed by atoms with Gasteiger partial charge in [0.15, 0.2) is 0 Å². The third kappa shape index (κ3) is 6.06. The van der Waals surface area contributed by atoms with Gasteiger partial charge in [-0.15, -0.1) is 11.3 Å². The van der Waals surface area contributed by atoms with Crippen LogP contribution in [0.1, 0.15) is 54.2 Å². The van der Waals surface area contributed by atoms with Crippen LogP contribution in [0.5, 0.6) is 5.75 Å². The maximum absolute atomic E-state index is 13.3. The number of hydrogen-bond donors (Lipinski definition) is 0. The van der Waals surface area contributed by atoms with E-state index in [0.717, 1.165) is 30.0 Å². The van der Waals surface area contributed by atoms with Gasteiger partial charge in [0, 0.05) is 25.5 Å². The predicted molar refractivity (Wildman–Crippen MR) is 124 cm³/mol. The second kappa shape index (κ2) is 10.8. The molecule has 31 heavy (non-hydrogen) atoms. The van der Waals surface area contributed by atoms with Crippen LogP contribution in [0.2, 0.25) is 0 Å². The maximum Gasteiger partial charge on any atom is 0.257 e. The number of rotatable bonds is 3. The lowest BCUT2D eigenvalue weighted by Gasteiger charge is -2.34. The summed E-state index contributed by atoms with van der Waals surface area (Å²) in [5.41, 5.74) is 1.40. The van der Waals surface area contributed by atoms with Gasteiger partial charge in [-0.05, 0) is 44.2 Å². The Morgan fingerprint density at radius 3 is 2.68 bits per heavy atom. The number of fused-ring (bicyclic) bond motifs is 1. The Morgan fingerprint density at radius 2 is 1.97 bits per heavy atom. The van der Waals surface area contributed by atoms with Crippen molar-refractivity contribution in [1.82, 2.24) is 14.8 Å². The van der Waals surface area contributed by atoms with Crippen molar-refractivity contribution < 1.29 is 14.3 Å². The van der Waals surface area contributed by atoms with Crippen LogP contribution in [0.3, 0.4) is 0 Å². The molecule has 0 saturated heterocycles. The summed E-state index contributed by atoms with van der Waals surface area (Å²) in [6.45, 7) is 7.92. The molecule has 7 heteroatoms. The highest BCUT2D eigenvalue weighted by Gasteiger charge is 2.28. The Bertz CT molecular complexity index is 896. The highest BCUT2D eigenvalue weighted by Crippen LogP contribution is 2.23. The molecule has 1 aliphatic heterocycles. The van der Waals surface area contributed by atoms with E-state index in [4.69, 9.17) is 4.74 Å². The lowest BCUT2D eigenvalue weighted by atomic mass is 10.0. The number of benzene rings is 1. The van der Waals surface area contributed by atoms with E-state index in [9.17, 15) is 9.59 Å². The van der Waals surface area contributed by atoms with Crippen molar-refractivity contribution in [2.45, 2.75) is 52.5 Å². The van der Waals surface area contributed by atoms with E-state index in [0.29, 0.717) is 37.4 Å². The van der Waals surface area contributed by atoms with Gasteiger partial charge in [0.2, 0.25) is 5.91 Å². The van der Waals surface area contributed by atoms with Crippen LogP contribution in [0.15, 0.2) is 29.6 Å². The smallest absolute Gasteiger partial charge is 0.257 e. The molecule has 0 fully saturated rings. The first-order valence-corrected chi connectivity index (χ1v) is 11.9. The summed E-state index contributed by atoms with van der Waals surface area (Å²) >= 11 is 1.57. The number of amides is 2. The fourth-order valence-electron chi connectivity index (χ4n) is 3.92. The Balaban J connectivity index is 1.86. The van der Waals surface area contributed by atoms with Gasteiger partial charge in [-0.25, -0.2) is 4.98 Å². The molecule has 3 rings (SSSR count). The minimum Gasteiger partial charge on any atom is -0.491 e. The maximum atomic E-state index is 13.3. The van der Waals surface area contributed by atoms with Gasteiger partial charge in [-0.2, -0.15) is 0 Å². The van der Waals surface area contributed by atoms with E-state index in [1.54, 1.807) is 16.2 Å². The minimum atomic E-state index is -0.0751. The van der Waals surface area contributed by atoms with Gasteiger partial charge in [0.1, 0.15) is 12.4 Å². The van der Waals surface area contributed by atoms with Crippen LogP contribution in [-0.4, -0.2) is 59.4 Å². The van der Waals surface area contributed by atoms with E-state index in [1.165, 1.54) is 0 Å². The zero-order chi connectivity index (χ0) is 22.4. The van der Waals surface area contributed by atoms with Crippen LogP contribution in [0.25, 0.3) is 0 Å². The van der Waals surface area contributed by atoms with Crippen molar-refractivity contribution in [2.24, 2.45) is 5.92 Å².